The zero-order valence-electron chi connectivity index (χ0n) is 20.0. The molecule has 8 heteroatoms. The third kappa shape index (κ3) is 3.78. The summed E-state index contributed by atoms with van der Waals surface area (Å²) in [6.07, 6.45) is 3.91. The lowest BCUT2D eigenvalue weighted by atomic mass is 10.0. The van der Waals surface area contributed by atoms with E-state index in [-0.39, 0.29) is 16.8 Å². The first-order valence-electron chi connectivity index (χ1n) is 11.5. The molecule has 1 aliphatic heterocycles. The van der Waals surface area contributed by atoms with Crippen LogP contribution in [0.25, 0.3) is 17.0 Å². The summed E-state index contributed by atoms with van der Waals surface area (Å²) in [4.78, 5) is 28.9. The van der Waals surface area contributed by atoms with Crippen molar-refractivity contribution >= 4 is 40.4 Å². The quantitative estimate of drug-likeness (QED) is 0.307. The number of aromatic nitrogens is 3. The molecule has 0 bridgehead atoms. The molecule has 0 atom stereocenters. The number of carbonyl (C=O) groups is 2. The average molecular weight is 499 g/mol. The SMILES string of the molecule is CCc1nn(-c2ccccc2)c([O-])c1C1=C([n+]2ccc(C)c(C)c2)C(=O)N(c2cccc(Cl)c2)C1=O. The molecule has 4 aromatic rings. The van der Waals surface area contributed by atoms with E-state index < -0.39 is 17.7 Å². The van der Waals surface area contributed by atoms with Crippen molar-refractivity contribution in [3.05, 3.63) is 100 Å². The van der Waals surface area contributed by atoms with Crippen molar-refractivity contribution < 1.29 is 19.3 Å². The van der Waals surface area contributed by atoms with Gasteiger partial charge >= 0.3 is 5.91 Å². The molecule has 1 aliphatic rings. The Bertz CT molecular complexity index is 1560. The van der Waals surface area contributed by atoms with Gasteiger partial charge in [0.2, 0.25) is 0 Å². The largest absolute Gasteiger partial charge is 0.858 e. The molecule has 0 saturated carbocycles. The van der Waals surface area contributed by atoms with Crippen LogP contribution in [0.3, 0.4) is 0 Å². The Morgan fingerprint density at radius 3 is 2.33 bits per heavy atom. The monoisotopic (exact) mass is 498 g/mol. The maximum Gasteiger partial charge on any atom is 0.331 e. The molecule has 7 nitrogen and oxygen atoms in total. The second-order valence-electron chi connectivity index (χ2n) is 8.60. The zero-order valence-corrected chi connectivity index (χ0v) is 20.8. The van der Waals surface area contributed by atoms with Crippen molar-refractivity contribution in [2.75, 3.05) is 4.90 Å². The fraction of sp³-hybridized carbons (Fsp3) is 0.143. The summed E-state index contributed by atoms with van der Waals surface area (Å²) >= 11 is 6.18. The van der Waals surface area contributed by atoms with E-state index in [9.17, 15) is 14.7 Å². The van der Waals surface area contributed by atoms with Gasteiger partial charge < -0.3 is 5.11 Å². The topological polar surface area (TPSA) is 82.1 Å². The standard InChI is InChI=1S/C28H23ClN4O3/c1-4-22-23(27(35)33(30-22)20-10-6-5-7-11-20)24-25(31-14-13-17(2)18(3)16-31)28(36)32(26(24)34)21-12-8-9-19(29)15-21/h5-16H,4H2,1-3H3. The maximum absolute atomic E-state index is 13.9. The second kappa shape index (κ2) is 9.09. The first-order valence-corrected chi connectivity index (χ1v) is 11.9. The summed E-state index contributed by atoms with van der Waals surface area (Å²) in [5.41, 5.74) is 3.57. The number of hydrogen-bond donors (Lipinski definition) is 0. The van der Waals surface area contributed by atoms with Crippen molar-refractivity contribution in [1.82, 2.24) is 9.78 Å². The molecule has 0 aliphatic carbocycles. The summed E-state index contributed by atoms with van der Waals surface area (Å²) in [5, 5.41) is 18.7. The molecule has 0 spiro atoms. The number of para-hydroxylation sites is 1. The number of hydrogen-bond acceptors (Lipinski definition) is 4. The number of anilines is 1. The summed E-state index contributed by atoms with van der Waals surface area (Å²) in [6.45, 7) is 5.75. The van der Waals surface area contributed by atoms with Gasteiger partial charge in [-0.25, -0.2) is 9.58 Å². The van der Waals surface area contributed by atoms with Crippen LogP contribution in [-0.2, 0) is 16.0 Å². The van der Waals surface area contributed by atoms with Gasteiger partial charge in [-0.15, -0.1) is 0 Å². The second-order valence-corrected chi connectivity index (χ2v) is 9.03. The highest BCUT2D eigenvalue weighted by Crippen LogP contribution is 2.39. The van der Waals surface area contributed by atoms with E-state index in [1.54, 1.807) is 53.4 Å². The number of nitrogens with zero attached hydrogens (tertiary/aromatic N) is 4. The predicted molar refractivity (Wildman–Crippen MR) is 136 cm³/mol. The third-order valence-corrected chi connectivity index (χ3v) is 6.56. The van der Waals surface area contributed by atoms with Crippen molar-refractivity contribution in [3.8, 4) is 11.6 Å². The van der Waals surface area contributed by atoms with Crippen LogP contribution in [0.4, 0.5) is 5.69 Å². The minimum atomic E-state index is -0.595. The van der Waals surface area contributed by atoms with Gasteiger partial charge in [0.25, 0.3) is 11.6 Å². The lowest BCUT2D eigenvalue weighted by molar-refractivity contribution is -0.577. The number of amides is 2. The Hall–Kier alpha value is -4.23. The molecule has 2 aromatic carbocycles. The molecule has 0 N–H and O–H groups in total. The first kappa shape index (κ1) is 23.5. The van der Waals surface area contributed by atoms with Crippen LogP contribution in [0.1, 0.15) is 29.3 Å². The fourth-order valence-electron chi connectivity index (χ4n) is 4.34. The number of benzene rings is 2. The van der Waals surface area contributed by atoms with Crippen molar-refractivity contribution in [3.63, 3.8) is 0 Å². The number of carbonyl (C=O) groups excluding carboxylic acids is 2. The Balaban J connectivity index is 1.79. The Morgan fingerprint density at radius 2 is 1.67 bits per heavy atom. The van der Waals surface area contributed by atoms with Crippen molar-refractivity contribution in [2.24, 2.45) is 0 Å². The highest BCUT2D eigenvalue weighted by Gasteiger charge is 2.47. The van der Waals surface area contributed by atoms with Crippen LogP contribution < -0.4 is 14.6 Å². The van der Waals surface area contributed by atoms with E-state index in [2.05, 4.69) is 5.10 Å². The van der Waals surface area contributed by atoms with Gasteiger partial charge in [-0.3, -0.25) is 9.59 Å². The third-order valence-electron chi connectivity index (χ3n) is 6.33. The van der Waals surface area contributed by atoms with Crippen LogP contribution in [0.5, 0.6) is 5.88 Å². The number of pyridine rings is 1. The molecular weight excluding hydrogens is 476 g/mol. The summed E-state index contributed by atoms with van der Waals surface area (Å²) in [7, 11) is 0. The molecular formula is C28H23ClN4O3. The van der Waals surface area contributed by atoms with E-state index >= 15 is 0 Å². The van der Waals surface area contributed by atoms with Crippen LogP contribution >= 0.6 is 11.6 Å². The van der Waals surface area contributed by atoms with E-state index in [1.165, 1.54) is 4.68 Å². The van der Waals surface area contributed by atoms with Gasteiger partial charge in [-0.2, -0.15) is 9.67 Å². The normalized spacial score (nSPS) is 13.7. The smallest absolute Gasteiger partial charge is 0.331 e. The van der Waals surface area contributed by atoms with E-state index in [0.29, 0.717) is 28.5 Å². The average Bonchev–Trinajstić information content (AvgIpc) is 3.33. The zero-order chi connectivity index (χ0) is 25.6. The van der Waals surface area contributed by atoms with E-state index in [1.807, 2.05) is 45.0 Å². The number of halogens is 1. The van der Waals surface area contributed by atoms with Crippen LogP contribution in [0.15, 0.2) is 73.1 Å². The Labute approximate surface area is 213 Å². The molecule has 36 heavy (non-hydrogen) atoms. The molecule has 180 valence electrons. The van der Waals surface area contributed by atoms with E-state index in [0.717, 1.165) is 16.0 Å². The molecule has 0 radical (unpaired) electrons. The maximum atomic E-state index is 13.9. The van der Waals surface area contributed by atoms with Crippen LogP contribution in [-0.4, -0.2) is 21.6 Å². The number of aryl methyl sites for hydroxylation is 3. The molecule has 0 saturated heterocycles. The van der Waals surface area contributed by atoms with Gasteiger partial charge in [-0.1, -0.05) is 42.8 Å². The van der Waals surface area contributed by atoms with Gasteiger partial charge in [0.15, 0.2) is 12.4 Å². The van der Waals surface area contributed by atoms with Gasteiger partial charge in [0.1, 0.15) is 5.57 Å². The molecule has 0 fully saturated rings. The van der Waals surface area contributed by atoms with Gasteiger partial charge in [-0.05, 0) is 62.0 Å². The van der Waals surface area contributed by atoms with Gasteiger partial charge in [0.05, 0.1) is 17.1 Å². The lowest BCUT2D eigenvalue weighted by Crippen LogP contribution is -2.40. The summed E-state index contributed by atoms with van der Waals surface area (Å²) in [6, 6.07) is 17.4. The molecule has 3 heterocycles. The fourth-order valence-corrected chi connectivity index (χ4v) is 4.52. The predicted octanol–water partition coefficient (Wildman–Crippen LogP) is 4.01. The lowest BCUT2D eigenvalue weighted by Gasteiger charge is -2.15. The minimum Gasteiger partial charge on any atom is -0.858 e. The van der Waals surface area contributed by atoms with Crippen molar-refractivity contribution in [2.45, 2.75) is 27.2 Å². The summed E-state index contributed by atoms with van der Waals surface area (Å²) < 4.78 is 2.89. The molecule has 2 aromatic heterocycles. The summed E-state index contributed by atoms with van der Waals surface area (Å²) in [5.74, 6) is -1.59. The highest BCUT2D eigenvalue weighted by molar-refractivity contribution is 6.53. The highest BCUT2D eigenvalue weighted by atomic mass is 35.5. The van der Waals surface area contributed by atoms with Crippen LogP contribution in [0.2, 0.25) is 5.02 Å². The molecule has 2 amide bonds. The molecule has 5 rings (SSSR count). The number of imide groups is 1. The number of rotatable bonds is 5. The minimum absolute atomic E-state index is 0.0252. The van der Waals surface area contributed by atoms with Gasteiger partial charge in [0, 0.05) is 22.2 Å². The van der Waals surface area contributed by atoms with Crippen molar-refractivity contribution in [1.29, 1.82) is 0 Å². The molecule has 0 unspecified atom stereocenters. The Kier molecular flexibility index (Phi) is 5.94. The van der Waals surface area contributed by atoms with E-state index in [4.69, 9.17) is 11.6 Å². The van der Waals surface area contributed by atoms with Crippen LogP contribution in [0, 0.1) is 13.8 Å². The Morgan fingerprint density at radius 1 is 0.944 bits per heavy atom. The first-order chi connectivity index (χ1) is 17.3.